The Morgan fingerprint density at radius 1 is 1.17 bits per heavy atom. The number of hydrogen-bond donors (Lipinski definition) is 3. The Bertz CT molecular complexity index is 712. The minimum Gasteiger partial charge on any atom is -0.445 e. The monoisotopic (exact) mass is 325 g/mol. The number of hydrogen-bond acceptors (Lipinski definition) is 4. The number of aryl methyl sites for hydroxylation is 1. The number of alkyl carbamates (subject to hydrolysis) is 1. The number of carbonyl (C=O) groups excluding carboxylic acids is 1. The van der Waals surface area contributed by atoms with Crippen molar-refractivity contribution in [2.75, 3.05) is 18.0 Å². The van der Waals surface area contributed by atoms with Crippen LogP contribution in [-0.4, -0.2) is 12.6 Å². The second-order valence-electron chi connectivity index (χ2n) is 5.52. The standard InChI is InChI=1S/C19H23N3O2/c1-14-11-17(20)18(21)12-16(14)9-5-6-10-22-19(23)24-13-15-7-3-2-4-8-15/h2-5,7-9,11-12H,6,10,13,20-21H2,1H3,(H,22,23). The van der Waals surface area contributed by atoms with E-state index >= 15 is 0 Å². The summed E-state index contributed by atoms with van der Waals surface area (Å²) >= 11 is 0. The summed E-state index contributed by atoms with van der Waals surface area (Å²) in [6.07, 6.45) is 4.24. The molecule has 126 valence electrons. The molecule has 1 amide bonds. The van der Waals surface area contributed by atoms with E-state index in [2.05, 4.69) is 5.32 Å². The lowest BCUT2D eigenvalue weighted by molar-refractivity contribution is 0.140. The number of nitrogens with two attached hydrogens (primary N) is 2. The lowest BCUT2D eigenvalue weighted by atomic mass is 10.1. The van der Waals surface area contributed by atoms with Gasteiger partial charge in [0.1, 0.15) is 6.61 Å². The Kier molecular flexibility index (Phi) is 6.25. The third-order valence-corrected chi connectivity index (χ3v) is 3.56. The Hall–Kier alpha value is -2.95. The van der Waals surface area contributed by atoms with E-state index < -0.39 is 6.09 Å². The van der Waals surface area contributed by atoms with Crippen LogP contribution in [0.25, 0.3) is 6.08 Å². The fourth-order valence-electron chi connectivity index (χ4n) is 2.19. The van der Waals surface area contributed by atoms with E-state index in [1.165, 1.54) is 0 Å². The smallest absolute Gasteiger partial charge is 0.407 e. The van der Waals surface area contributed by atoms with E-state index in [0.29, 0.717) is 24.3 Å². The second-order valence-corrected chi connectivity index (χ2v) is 5.52. The highest BCUT2D eigenvalue weighted by atomic mass is 16.5. The summed E-state index contributed by atoms with van der Waals surface area (Å²) in [5, 5.41) is 2.72. The lowest BCUT2D eigenvalue weighted by Crippen LogP contribution is -2.24. The van der Waals surface area contributed by atoms with Crippen LogP contribution in [0.4, 0.5) is 16.2 Å². The number of benzene rings is 2. The molecular formula is C19H23N3O2. The zero-order valence-electron chi connectivity index (χ0n) is 13.8. The third-order valence-electron chi connectivity index (χ3n) is 3.56. The van der Waals surface area contributed by atoms with Gasteiger partial charge in [-0.15, -0.1) is 0 Å². The van der Waals surface area contributed by atoms with Gasteiger partial charge in [-0.05, 0) is 42.2 Å². The SMILES string of the molecule is Cc1cc(N)c(N)cc1C=CCCNC(=O)OCc1ccccc1. The van der Waals surface area contributed by atoms with Crippen LogP contribution < -0.4 is 16.8 Å². The molecule has 0 radical (unpaired) electrons. The van der Waals surface area contributed by atoms with E-state index in [-0.39, 0.29) is 6.61 Å². The average molecular weight is 325 g/mol. The van der Waals surface area contributed by atoms with Crippen LogP contribution in [0.3, 0.4) is 0 Å². The first kappa shape index (κ1) is 17.4. The molecule has 0 fully saturated rings. The maximum Gasteiger partial charge on any atom is 0.407 e. The van der Waals surface area contributed by atoms with Crippen molar-refractivity contribution in [3.05, 3.63) is 65.2 Å². The molecule has 0 saturated carbocycles. The Morgan fingerprint density at radius 2 is 1.88 bits per heavy atom. The van der Waals surface area contributed by atoms with Gasteiger partial charge in [0.15, 0.2) is 0 Å². The summed E-state index contributed by atoms with van der Waals surface area (Å²) in [4.78, 5) is 11.6. The Morgan fingerprint density at radius 3 is 2.62 bits per heavy atom. The number of carbonyl (C=O) groups is 1. The van der Waals surface area contributed by atoms with Gasteiger partial charge in [0.2, 0.25) is 0 Å². The minimum absolute atomic E-state index is 0.270. The minimum atomic E-state index is -0.417. The molecule has 5 heteroatoms. The summed E-state index contributed by atoms with van der Waals surface area (Å²) in [6, 6.07) is 13.3. The lowest BCUT2D eigenvalue weighted by Gasteiger charge is -2.07. The van der Waals surface area contributed by atoms with Crippen molar-refractivity contribution >= 4 is 23.5 Å². The van der Waals surface area contributed by atoms with Crippen molar-refractivity contribution < 1.29 is 9.53 Å². The molecular weight excluding hydrogens is 302 g/mol. The molecule has 0 saturated heterocycles. The van der Waals surface area contributed by atoms with Crippen LogP contribution in [0.1, 0.15) is 23.1 Å². The number of ether oxygens (including phenoxy) is 1. The molecule has 5 N–H and O–H groups in total. The van der Waals surface area contributed by atoms with Crippen LogP contribution in [0.5, 0.6) is 0 Å². The first-order chi connectivity index (χ1) is 11.6. The van der Waals surface area contributed by atoms with Gasteiger partial charge >= 0.3 is 6.09 Å². The molecule has 2 rings (SSSR count). The van der Waals surface area contributed by atoms with Crippen LogP contribution >= 0.6 is 0 Å². The summed E-state index contributed by atoms with van der Waals surface area (Å²) in [5.74, 6) is 0. The molecule has 2 aromatic rings. The van der Waals surface area contributed by atoms with Gasteiger partial charge in [0, 0.05) is 6.54 Å². The van der Waals surface area contributed by atoms with Gasteiger partial charge in [-0.1, -0.05) is 42.5 Å². The predicted molar refractivity (Wildman–Crippen MR) is 98.3 cm³/mol. The third kappa shape index (κ3) is 5.35. The van der Waals surface area contributed by atoms with Crippen molar-refractivity contribution in [3.63, 3.8) is 0 Å². The normalized spacial score (nSPS) is 10.7. The molecule has 0 unspecified atom stereocenters. The number of rotatable bonds is 6. The molecule has 0 spiro atoms. The summed E-state index contributed by atoms with van der Waals surface area (Å²) < 4.78 is 5.14. The highest BCUT2D eigenvalue weighted by molar-refractivity contribution is 5.71. The van der Waals surface area contributed by atoms with Crippen molar-refractivity contribution in [1.29, 1.82) is 0 Å². The molecule has 0 aromatic heterocycles. The number of amides is 1. The zero-order chi connectivity index (χ0) is 17.4. The predicted octanol–water partition coefficient (Wildman–Crippen LogP) is 3.49. The van der Waals surface area contributed by atoms with Crippen LogP contribution in [0, 0.1) is 6.92 Å². The Balaban J connectivity index is 1.70. The van der Waals surface area contributed by atoms with Crippen LogP contribution in [0.2, 0.25) is 0 Å². The van der Waals surface area contributed by atoms with Crippen LogP contribution in [0.15, 0.2) is 48.5 Å². The van der Waals surface area contributed by atoms with Crippen molar-refractivity contribution in [2.24, 2.45) is 0 Å². The van der Waals surface area contributed by atoms with Gasteiger partial charge in [0.25, 0.3) is 0 Å². The largest absolute Gasteiger partial charge is 0.445 e. The van der Waals surface area contributed by atoms with Crippen molar-refractivity contribution in [1.82, 2.24) is 5.32 Å². The fraction of sp³-hybridized carbons (Fsp3) is 0.211. The van der Waals surface area contributed by atoms with Gasteiger partial charge < -0.3 is 21.5 Å². The van der Waals surface area contributed by atoms with E-state index in [1.54, 1.807) is 0 Å². The number of nitrogen functional groups attached to an aromatic ring is 2. The second kappa shape index (κ2) is 8.62. The van der Waals surface area contributed by atoms with Crippen molar-refractivity contribution in [2.45, 2.75) is 20.0 Å². The Labute approximate surface area is 142 Å². The molecule has 0 heterocycles. The molecule has 24 heavy (non-hydrogen) atoms. The van der Waals surface area contributed by atoms with E-state index in [1.807, 2.05) is 61.5 Å². The van der Waals surface area contributed by atoms with Gasteiger partial charge in [-0.2, -0.15) is 0 Å². The number of nitrogens with one attached hydrogen (secondary N) is 1. The van der Waals surface area contributed by atoms with E-state index in [0.717, 1.165) is 16.7 Å². The first-order valence-corrected chi connectivity index (χ1v) is 7.83. The highest BCUT2D eigenvalue weighted by Crippen LogP contribution is 2.21. The highest BCUT2D eigenvalue weighted by Gasteiger charge is 2.02. The topological polar surface area (TPSA) is 90.4 Å². The van der Waals surface area contributed by atoms with Gasteiger partial charge in [-0.25, -0.2) is 4.79 Å². The molecule has 0 aliphatic heterocycles. The average Bonchev–Trinajstić information content (AvgIpc) is 2.58. The molecule has 5 nitrogen and oxygen atoms in total. The maximum absolute atomic E-state index is 11.6. The van der Waals surface area contributed by atoms with E-state index in [4.69, 9.17) is 16.2 Å². The summed E-state index contributed by atoms with van der Waals surface area (Å²) in [6.45, 7) is 2.76. The molecule has 0 aliphatic carbocycles. The van der Waals surface area contributed by atoms with E-state index in [9.17, 15) is 4.79 Å². The number of anilines is 2. The van der Waals surface area contributed by atoms with Gasteiger partial charge in [0.05, 0.1) is 11.4 Å². The first-order valence-electron chi connectivity index (χ1n) is 7.83. The molecule has 0 atom stereocenters. The fourth-order valence-corrected chi connectivity index (χ4v) is 2.19. The molecule has 0 bridgehead atoms. The molecule has 2 aromatic carbocycles. The summed E-state index contributed by atoms with van der Waals surface area (Å²) in [5.41, 5.74) is 15.8. The van der Waals surface area contributed by atoms with Gasteiger partial charge in [-0.3, -0.25) is 0 Å². The maximum atomic E-state index is 11.6. The quantitative estimate of drug-likeness (QED) is 0.560. The van der Waals surface area contributed by atoms with Crippen molar-refractivity contribution in [3.8, 4) is 0 Å². The zero-order valence-corrected chi connectivity index (χ0v) is 13.8. The summed E-state index contributed by atoms with van der Waals surface area (Å²) in [7, 11) is 0. The van der Waals surface area contributed by atoms with Crippen LogP contribution in [-0.2, 0) is 11.3 Å². The molecule has 0 aliphatic rings.